The van der Waals surface area contributed by atoms with Crippen LogP contribution >= 0.6 is 11.3 Å². The third-order valence-corrected chi connectivity index (χ3v) is 5.64. The van der Waals surface area contributed by atoms with Crippen LogP contribution in [0.25, 0.3) is 0 Å². The van der Waals surface area contributed by atoms with E-state index in [0.717, 1.165) is 37.3 Å². The highest BCUT2D eigenvalue weighted by molar-refractivity contribution is 7.07. The molecule has 0 radical (unpaired) electrons. The van der Waals surface area contributed by atoms with Crippen LogP contribution in [0, 0.1) is 5.41 Å². The van der Waals surface area contributed by atoms with Gasteiger partial charge in [-0.3, -0.25) is 4.79 Å². The number of aliphatic hydroxyl groups is 1. The van der Waals surface area contributed by atoms with Crippen LogP contribution in [0.3, 0.4) is 0 Å². The van der Waals surface area contributed by atoms with Crippen molar-refractivity contribution in [1.82, 2.24) is 9.88 Å². The van der Waals surface area contributed by atoms with Crippen LogP contribution in [0.1, 0.15) is 42.2 Å². The van der Waals surface area contributed by atoms with Crippen LogP contribution in [0.4, 0.5) is 0 Å². The van der Waals surface area contributed by atoms with Gasteiger partial charge in [0.15, 0.2) is 0 Å². The average Bonchev–Trinajstić information content (AvgIpc) is 3.20. The van der Waals surface area contributed by atoms with Crippen molar-refractivity contribution in [3.05, 3.63) is 46.4 Å². The summed E-state index contributed by atoms with van der Waals surface area (Å²) in [5, 5.41) is 11.7. The molecular weight excluding hydrogens is 336 g/mol. The number of nitrogens with zero attached hydrogens (tertiary/aromatic N) is 2. The van der Waals surface area contributed by atoms with Crippen molar-refractivity contribution in [2.75, 3.05) is 19.7 Å². The number of aromatic nitrogens is 1. The van der Waals surface area contributed by atoms with Crippen LogP contribution in [-0.2, 0) is 6.61 Å². The summed E-state index contributed by atoms with van der Waals surface area (Å²) in [4.78, 5) is 18.8. The van der Waals surface area contributed by atoms with E-state index in [1.165, 1.54) is 0 Å². The van der Waals surface area contributed by atoms with Gasteiger partial charge in [0.25, 0.3) is 5.91 Å². The molecule has 6 heteroatoms. The zero-order valence-electron chi connectivity index (χ0n) is 14.5. The molecule has 25 heavy (non-hydrogen) atoms. The highest BCUT2D eigenvalue weighted by atomic mass is 32.1. The molecule has 0 saturated carbocycles. The quantitative estimate of drug-likeness (QED) is 0.858. The van der Waals surface area contributed by atoms with Crippen molar-refractivity contribution in [2.24, 2.45) is 5.41 Å². The summed E-state index contributed by atoms with van der Waals surface area (Å²) in [6, 6.07) is 7.26. The average molecular weight is 360 g/mol. The number of ether oxygens (including phenoxy) is 1. The van der Waals surface area contributed by atoms with E-state index in [-0.39, 0.29) is 17.9 Å². The minimum absolute atomic E-state index is 0.0250. The molecular formula is C19H24N2O3S. The molecule has 1 aromatic carbocycles. The van der Waals surface area contributed by atoms with Gasteiger partial charge in [0, 0.05) is 29.4 Å². The number of likely N-dealkylation sites (tertiary alicyclic amines) is 1. The molecule has 3 rings (SSSR count). The fourth-order valence-corrected chi connectivity index (χ4v) is 3.80. The smallest absolute Gasteiger partial charge is 0.253 e. The molecule has 2 aromatic rings. The van der Waals surface area contributed by atoms with Crippen LogP contribution in [0.15, 0.2) is 35.2 Å². The molecule has 1 atom stereocenters. The van der Waals surface area contributed by atoms with Crippen LogP contribution in [-0.4, -0.2) is 40.6 Å². The summed E-state index contributed by atoms with van der Waals surface area (Å²) in [5.41, 5.74) is 3.19. The van der Waals surface area contributed by atoms with Crippen molar-refractivity contribution in [3.63, 3.8) is 0 Å². The number of carbonyl (C=O) groups is 1. The van der Waals surface area contributed by atoms with Gasteiger partial charge < -0.3 is 14.7 Å². The van der Waals surface area contributed by atoms with E-state index in [1.54, 1.807) is 29.0 Å². The highest BCUT2D eigenvalue weighted by Crippen LogP contribution is 2.33. The molecule has 5 nitrogen and oxygen atoms in total. The van der Waals surface area contributed by atoms with Gasteiger partial charge in [-0.1, -0.05) is 6.92 Å². The van der Waals surface area contributed by atoms with E-state index in [1.807, 2.05) is 22.4 Å². The molecule has 1 aromatic heterocycles. The van der Waals surface area contributed by atoms with E-state index in [9.17, 15) is 9.90 Å². The Kier molecular flexibility index (Phi) is 5.71. The number of benzene rings is 1. The first-order valence-corrected chi connectivity index (χ1v) is 9.60. The number of piperidine rings is 1. The summed E-state index contributed by atoms with van der Waals surface area (Å²) in [6.07, 6.45) is 2.80. The highest BCUT2D eigenvalue weighted by Gasteiger charge is 2.35. The maximum atomic E-state index is 12.8. The Morgan fingerprint density at radius 1 is 1.40 bits per heavy atom. The normalized spacial score (nSPS) is 20.5. The number of rotatable bonds is 6. The lowest BCUT2D eigenvalue weighted by Gasteiger charge is -2.41. The Hall–Kier alpha value is -1.92. The maximum Gasteiger partial charge on any atom is 0.253 e. The second-order valence-corrected chi connectivity index (χ2v) is 7.35. The summed E-state index contributed by atoms with van der Waals surface area (Å²) in [7, 11) is 0. The molecule has 0 aliphatic carbocycles. The first kappa shape index (κ1) is 17.9. The minimum Gasteiger partial charge on any atom is -0.487 e. The fourth-order valence-electron chi connectivity index (χ4n) is 3.25. The molecule has 2 heterocycles. The third kappa shape index (κ3) is 4.19. The van der Waals surface area contributed by atoms with Gasteiger partial charge in [0.05, 0.1) is 17.8 Å². The zero-order valence-corrected chi connectivity index (χ0v) is 15.3. The van der Waals surface area contributed by atoms with Gasteiger partial charge in [-0.2, -0.15) is 0 Å². The topological polar surface area (TPSA) is 62.7 Å². The maximum absolute atomic E-state index is 12.8. The second-order valence-electron chi connectivity index (χ2n) is 6.63. The molecule has 1 aliphatic rings. The number of aliphatic hydroxyl groups excluding tert-OH is 1. The Bertz CT molecular complexity index is 681. The molecule has 0 spiro atoms. The van der Waals surface area contributed by atoms with Gasteiger partial charge in [-0.25, -0.2) is 4.98 Å². The lowest BCUT2D eigenvalue weighted by Crippen LogP contribution is -2.47. The van der Waals surface area contributed by atoms with Crippen molar-refractivity contribution in [3.8, 4) is 5.75 Å². The van der Waals surface area contributed by atoms with Crippen LogP contribution < -0.4 is 4.74 Å². The van der Waals surface area contributed by atoms with E-state index in [0.29, 0.717) is 18.7 Å². The Labute approximate surface area is 152 Å². The summed E-state index contributed by atoms with van der Waals surface area (Å²) in [5.74, 6) is 0.749. The number of amides is 1. The molecule has 1 saturated heterocycles. The number of hydrogen-bond acceptors (Lipinski definition) is 5. The molecule has 0 bridgehead atoms. The Morgan fingerprint density at radius 2 is 2.20 bits per heavy atom. The largest absolute Gasteiger partial charge is 0.487 e. The van der Waals surface area contributed by atoms with Crippen molar-refractivity contribution < 1.29 is 14.6 Å². The van der Waals surface area contributed by atoms with Gasteiger partial charge in [-0.05, 0) is 43.5 Å². The SMILES string of the molecule is CCC1(CO)CCCN(C(=O)c2ccc(OCc3cscn3)cc2)C1. The van der Waals surface area contributed by atoms with Crippen LogP contribution in [0.2, 0.25) is 0 Å². The van der Waals surface area contributed by atoms with E-state index in [4.69, 9.17) is 4.74 Å². The number of thiazole rings is 1. The lowest BCUT2D eigenvalue weighted by molar-refractivity contribution is 0.0251. The second kappa shape index (κ2) is 7.97. The van der Waals surface area contributed by atoms with Crippen molar-refractivity contribution in [2.45, 2.75) is 32.8 Å². The monoisotopic (exact) mass is 360 g/mol. The van der Waals surface area contributed by atoms with E-state index in [2.05, 4.69) is 11.9 Å². The number of hydrogen-bond donors (Lipinski definition) is 1. The predicted octanol–water partition coefficient (Wildman–Crippen LogP) is 3.35. The molecule has 1 amide bonds. The summed E-state index contributed by atoms with van der Waals surface area (Å²) < 4.78 is 5.68. The Morgan fingerprint density at radius 3 is 2.84 bits per heavy atom. The summed E-state index contributed by atoms with van der Waals surface area (Å²) in [6.45, 7) is 4.03. The first-order valence-electron chi connectivity index (χ1n) is 8.66. The molecule has 1 unspecified atom stereocenters. The summed E-state index contributed by atoms with van der Waals surface area (Å²) >= 11 is 1.54. The predicted molar refractivity (Wildman–Crippen MR) is 97.8 cm³/mol. The van der Waals surface area contributed by atoms with Gasteiger partial charge in [0.2, 0.25) is 0 Å². The van der Waals surface area contributed by atoms with E-state index >= 15 is 0 Å². The third-order valence-electron chi connectivity index (χ3n) is 5.01. The van der Waals surface area contributed by atoms with Gasteiger partial charge >= 0.3 is 0 Å². The standard InChI is InChI=1S/C19H24N2O3S/c1-2-19(13-22)8-3-9-21(12-19)18(23)15-4-6-17(7-5-15)24-10-16-11-25-14-20-16/h4-7,11,14,22H,2-3,8-10,12-13H2,1H3. The molecule has 134 valence electrons. The Balaban J connectivity index is 1.62. The molecule has 1 N–H and O–H groups in total. The van der Waals surface area contributed by atoms with Crippen molar-refractivity contribution in [1.29, 1.82) is 0 Å². The number of carbonyl (C=O) groups excluding carboxylic acids is 1. The van der Waals surface area contributed by atoms with Gasteiger partial charge in [-0.15, -0.1) is 11.3 Å². The zero-order chi connectivity index (χ0) is 17.7. The van der Waals surface area contributed by atoms with Crippen molar-refractivity contribution >= 4 is 17.2 Å². The fraction of sp³-hybridized carbons (Fsp3) is 0.474. The molecule has 1 fully saturated rings. The lowest BCUT2D eigenvalue weighted by atomic mass is 9.78. The van der Waals surface area contributed by atoms with E-state index < -0.39 is 0 Å². The van der Waals surface area contributed by atoms with Gasteiger partial charge in [0.1, 0.15) is 12.4 Å². The molecule has 1 aliphatic heterocycles. The first-order chi connectivity index (χ1) is 12.2. The van der Waals surface area contributed by atoms with Crippen LogP contribution in [0.5, 0.6) is 5.75 Å². The minimum atomic E-state index is -0.148.